The molecule has 17 heavy (non-hydrogen) atoms. The summed E-state index contributed by atoms with van der Waals surface area (Å²) < 4.78 is 0. The largest absolute Gasteiger partial charge is 0.370 e. The van der Waals surface area contributed by atoms with Crippen LogP contribution in [0.4, 0.5) is 5.69 Å². The zero-order chi connectivity index (χ0) is 12.4. The number of anilines is 1. The van der Waals surface area contributed by atoms with Gasteiger partial charge in [-0.05, 0) is 12.1 Å². The van der Waals surface area contributed by atoms with Gasteiger partial charge in [0.2, 0.25) is 5.91 Å². The first-order valence-corrected chi connectivity index (χ1v) is 5.76. The van der Waals surface area contributed by atoms with E-state index in [0.29, 0.717) is 19.5 Å². The summed E-state index contributed by atoms with van der Waals surface area (Å²) in [6.07, 6.45) is 0.502. The first kappa shape index (κ1) is 11.6. The van der Waals surface area contributed by atoms with Crippen molar-refractivity contribution < 1.29 is 9.59 Å². The zero-order valence-electron chi connectivity index (χ0n) is 9.85. The Morgan fingerprint density at radius 3 is 2.88 bits per heavy atom. The van der Waals surface area contributed by atoms with E-state index in [4.69, 9.17) is 5.73 Å². The maximum absolute atomic E-state index is 11.7. The number of hydrogen-bond acceptors (Lipinski definition) is 3. The minimum Gasteiger partial charge on any atom is -0.370 e. The molecule has 0 saturated carbocycles. The number of para-hydroxylation sites is 1. The molecule has 90 valence electrons. The molecule has 0 aromatic heterocycles. The molecule has 1 aliphatic heterocycles. The number of rotatable bonds is 3. The van der Waals surface area contributed by atoms with Crippen LogP contribution in [-0.4, -0.2) is 24.8 Å². The predicted octanol–water partition coefficient (Wildman–Crippen LogP) is 1.20. The highest BCUT2D eigenvalue weighted by Gasteiger charge is 2.24. The molecule has 1 amide bonds. The molecule has 0 bridgehead atoms. The van der Waals surface area contributed by atoms with Crippen LogP contribution in [-0.2, 0) is 4.79 Å². The number of carbonyl (C=O) groups excluding carboxylic acids is 2. The Bertz CT molecular complexity index is 456. The number of carbonyl (C=O) groups is 2. The van der Waals surface area contributed by atoms with Crippen molar-refractivity contribution in [3.63, 3.8) is 0 Å². The molecule has 1 aromatic rings. The fourth-order valence-corrected chi connectivity index (χ4v) is 2.09. The number of fused-ring (bicyclic) bond motifs is 1. The van der Waals surface area contributed by atoms with Gasteiger partial charge in [-0.15, -0.1) is 0 Å². The summed E-state index contributed by atoms with van der Waals surface area (Å²) in [5.74, 6) is -0.348. The lowest BCUT2D eigenvalue weighted by molar-refractivity contribution is -0.121. The van der Waals surface area contributed by atoms with Crippen molar-refractivity contribution in [1.82, 2.24) is 0 Å². The molecule has 0 radical (unpaired) electrons. The number of amides is 1. The monoisotopic (exact) mass is 232 g/mol. The first-order chi connectivity index (χ1) is 8.09. The molecule has 2 rings (SSSR count). The topological polar surface area (TPSA) is 63.4 Å². The number of Topliss-reactive ketones (excluding diaryl/α,β-unsaturated/α-hetero) is 1. The van der Waals surface area contributed by atoms with Gasteiger partial charge in [-0.1, -0.05) is 19.1 Å². The molecular formula is C13H16N2O2. The van der Waals surface area contributed by atoms with Crippen molar-refractivity contribution in [3.05, 3.63) is 29.8 Å². The second-order valence-electron chi connectivity index (χ2n) is 4.44. The number of benzene rings is 1. The Kier molecular flexibility index (Phi) is 3.13. The molecular weight excluding hydrogens is 216 g/mol. The molecule has 1 aromatic carbocycles. The Morgan fingerprint density at radius 1 is 1.47 bits per heavy atom. The van der Waals surface area contributed by atoms with E-state index in [2.05, 4.69) is 4.90 Å². The minimum atomic E-state index is -0.306. The summed E-state index contributed by atoms with van der Waals surface area (Å²) in [6, 6.07) is 7.51. The summed E-state index contributed by atoms with van der Waals surface area (Å²) in [7, 11) is 0. The molecule has 4 heteroatoms. The average Bonchev–Trinajstić information content (AvgIpc) is 2.33. The lowest BCUT2D eigenvalue weighted by atomic mass is 9.99. The van der Waals surface area contributed by atoms with Gasteiger partial charge < -0.3 is 10.6 Å². The smallest absolute Gasteiger partial charge is 0.222 e. The van der Waals surface area contributed by atoms with E-state index in [1.807, 2.05) is 24.3 Å². The Morgan fingerprint density at radius 2 is 2.18 bits per heavy atom. The lowest BCUT2D eigenvalue weighted by Gasteiger charge is -2.31. The molecule has 1 atom stereocenters. The maximum atomic E-state index is 11.7. The van der Waals surface area contributed by atoms with E-state index in [9.17, 15) is 9.59 Å². The SMILES string of the molecule is CC(CN1CCC(=O)c2ccccc21)C(N)=O. The van der Waals surface area contributed by atoms with Crippen LogP contribution in [0.25, 0.3) is 0 Å². The molecule has 0 saturated heterocycles. The van der Waals surface area contributed by atoms with Crippen molar-refractivity contribution in [2.24, 2.45) is 11.7 Å². The first-order valence-electron chi connectivity index (χ1n) is 5.76. The van der Waals surface area contributed by atoms with E-state index in [0.717, 1.165) is 11.3 Å². The fraction of sp³-hybridized carbons (Fsp3) is 0.385. The van der Waals surface area contributed by atoms with Crippen LogP contribution < -0.4 is 10.6 Å². The van der Waals surface area contributed by atoms with Gasteiger partial charge in [-0.3, -0.25) is 9.59 Å². The van der Waals surface area contributed by atoms with Crippen LogP contribution in [0.3, 0.4) is 0 Å². The predicted molar refractivity (Wildman–Crippen MR) is 66.0 cm³/mol. The molecule has 1 heterocycles. The summed E-state index contributed by atoms with van der Waals surface area (Å²) >= 11 is 0. The lowest BCUT2D eigenvalue weighted by Crippen LogP contribution is -2.39. The number of nitrogens with zero attached hydrogens (tertiary/aromatic N) is 1. The standard InChI is InChI=1S/C13H16N2O2/c1-9(13(14)17)8-15-7-6-12(16)10-4-2-3-5-11(10)15/h2-5,9H,6-8H2,1H3,(H2,14,17). The van der Waals surface area contributed by atoms with Crippen LogP contribution in [0.5, 0.6) is 0 Å². The molecule has 0 fully saturated rings. The third-order valence-electron chi connectivity index (χ3n) is 3.13. The molecule has 2 N–H and O–H groups in total. The van der Waals surface area contributed by atoms with Gasteiger partial charge in [0.05, 0.1) is 5.92 Å². The van der Waals surface area contributed by atoms with Crippen molar-refractivity contribution in [3.8, 4) is 0 Å². The van der Waals surface area contributed by atoms with E-state index in [1.165, 1.54) is 0 Å². The second-order valence-corrected chi connectivity index (χ2v) is 4.44. The normalized spacial score (nSPS) is 16.5. The van der Waals surface area contributed by atoms with Gasteiger partial charge >= 0.3 is 0 Å². The third-order valence-corrected chi connectivity index (χ3v) is 3.13. The molecule has 4 nitrogen and oxygen atoms in total. The van der Waals surface area contributed by atoms with Crippen LogP contribution >= 0.6 is 0 Å². The van der Waals surface area contributed by atoms with Gasteiger partial charge in [0, 0.05) is 30.8 Å². The van der Waals surface area contributed by atoms with Crippen molar-refractivity contribution in [1.29, 1.82) is 0 Å². The third kappa shape index (κ3) is 2.30. The van der Waals surface area contributed by atoms with Crippen LogP contribution in [0.1, 0.15) is 23.7 Å². The average molecular weight is 232 g/mol. The van der Waals surface area contributed by atoms with Gasteiger partial charge in [0.1, 0.15) is 0 Å². The summed E-state index contributed by atoms with van der Waals surface area (Å²) in [6.45, 7) is 3.04. The van der Waals surface area contributed by atoms with E-state index < -0.39 is 0 Å². The Balaban J connectivity index is 2.24. The van der Waals surface area contributed by atoms with Gasteiger partial charge in [-0.2, -0.15) is 0 Å². The van der Waals surface area contributed by atoms with Crippen LogP contribution in [0, 0.1) is 5.92 Å². The fourth-order valence-electron chi connectivity index (χ4n) is 2.09. The van der Waals surface area contributed by atoms with Gasteiger partial charge in [0.25, 0.3) is 0 Å². The van der Waals surface area contributed by atoms with Crippen LogP contribution in [0.15, 0.2) is 24.3 Å². The van der Waals surface area contributed by atoms with E-state index in [-0.39, 0.29) is 17.6 Å². The highest BCUT2D eigenvalue weighted by Crippen LogP contribution is 2.27. The molecule has 1 aliphatic rings. The molecule has 1 unspecified atom stereocenters. The maximum Gasteiger partial charge on any atom is 0.222 e. The summed E-state index contributed by atoms with van der Waals surface area (Å²) in [5.41, 5.74) is 6.93. The second kappa shape index (κ2) is 4.57. The van der Waals surface area contributed by atoms with Crippen molar-refractivity contribution in [2.75, 3.05) is 18.0 Å². The Labute approximate surface area is 100 Å². The van der Waals surface area contributed by atoms with E-state index in [1.54, 1.807) is 6.92 Å². The minimum absolute atomic E-state index is 0.170. The zero-order valence-corrected chi connectivity index (χ0v) is 9.85. The Hall–Kier alpha value is -1.84. The van der Waals surface area contributed by atoms with Gasteiger partial charge in [0.15, 0.2) is 5.78 Å². The number of nitrogens with two attached hydrogens (primary N) is 1. The number of primary amides is 1. The summed E-state index contributed by atoms with van der Waals surface area (Å²) in [5, 5.41) is 0. The number of hydrogen-bond donors (Lipinski definition) is 1. The number of ketones is 1. The molecule has 0 aliphatic carbocycles. The highest BCUT2D eigenvalue weighted by molar-refractivity contribution is 6.03. The van der Waals surface area contributed by atoms with E-state index >= 15 is 0 Å². The molecule has 0 spiro atoms. The van der Waals surface area contributed by atoms with Crippen LogP contribution in [0.2, 0.25) is 0 Å². The van der Waals surface area contributed by atoms with Gasteiger partial charge in [-0.25, -0.2) is 0 Å². The highest BCUT2D eigenvalue weighted by atomic mass is 16.1. The van der Waals surface area contributed by atoms with Crippen molar-refractivity contribution in [2.45, 2.75) is 13.3 Å². The van der Waals surface area contributed by atoms with Crippen molar-refractivity contribution >= 4 is 17.4 Å². The summed E-state index contributed by atoms with van der Waals surface area (Å²) in [4.78, 5) is 24.9. The quantitative estimate of drug-likeness (QED) is 0.851.